The lowest BCUT2D eigenvalue weighted by Crippen LogP contribution is -2.29. The number of aliphatic carboxylic acids is 1. The zero-order valence-corrected chi connectivity index (χ0v) is 11.8. The first-order valence-electron chi connectivity index (χ1n) is 7.33. The van der Waals surface area contributed by atoms with Gasteiger partial charge in [0, 0.05) is 13.1 Å². The summed E-state index contributed by atoms with van der Waals surface area (Å²) in [6, 6.07) is 9.58. The fourth-order valence-electron chi connectivity index (χ4n) is 3.13. The van der Waals surface area contributed by atoms with E-state index < -0.39 is 5.97 Å². The molecular weight excluding hydrogens is 270 g/mol. The lowest BCUT2D eigenvalue weighted by molar-refractivity contribution is -0.139. The summed E-state index contributed by atoms with van der Waals surface area (Å²) in [5.41, 5.74) is 0.967. The number of benzene rings is 1. The van der Waals surface area contributed by atoms with Gasteiger partial charge < -0.3 is 14.7 Å². The van der Waals surface area contributed by atoms with E-state index in [1.807, 2.05) is 30.3 Å². The predicted octanol–water partition coefficient (Wildman–Crippen LogP) is 2.37. The molecule has 0 radical (unpaired) electrons. The van der Waals surface area contributed by atoms with Crippen molar-refractivity contribution in [1.29, 1.82) is 0 Å². The van der Waals surface area contributed by atoms with Crippen molar-refractivity contribution in [3.63, 3.8) is 0 Å². The summed E-state index contributed by atoms with van der Waals surface area (Å²) < 4.78 is 5.31. The molecule has 112 valence electrons. The fraction of sp³-hybridized carbons (Fsp3) is 0.500. The second-order valence-corrected chi connectivity index (χ2v) is 5.88. The third-order valence-electron chi connectivity index (χ3n) is 4.45. The van der Waals surface area contributed by atoms with Crippen molar-refractivity contribution in [2.75, 3.05) is 13.1 Å². The average molecular weight is 289 g/mol. The van der Waals surface area contributed by atoms with Crippen LogP contribution in [0.4, 0.5) is 4.79 Å². The van der Waals surface area contributed by atoms with Crippen LogP contribution in [0.5, 0.6) is 0 Å². The summed E-state index contributed by atoms with van der Waals surface area (Å²) >= 11 is 0. The molecule has 1 unspecified atom stereocenters. The maximum absolute atomic E-state index is 12.0. The van der Waals surface area contributed by atoms with Crippen LogP contribution >= 0.6 is 0 Å². The number of carboxylic acids is 1. The van der Waals surface area contributed by atoms with E-state index in [-0.39, 0.29) is 24.5 Å². The molecule has 5 nitrogen and oxygen atoms in total. The Morgan fingerprint density at radius 3 is 2.71 bits per heavy atom. The summed E-state index contributed by atoms with van der Waals surface area (Å²) in [4.78, 5) is 24.6. The summed E-state index contributed by atoms with van der Waals surface area (Å²) in [5, 5.41) is 8.96. The highest BCUT2D eigenvalue weighted by atomic mass is 16.6. The molecule has 0 aromatic heterocycles. The quantitative estimate of drug-likeness (QED) is 0.924. The van der Waals surface area contributed by atoms with Gasteiger partial charge in [-0.3, -0.25) is 4.79 Å². The third-order valence-corrected chi connectivity index (χ3v) is 4.45. The zero-order chi connectivity index (χ0) is 14.8. The highest BCUT2D eigenvalue weighted by Gasteiger charge is 2.49. The van der Waals surface area contributed by atoms with E-state index in [2.05, 4.69) is 0 Å². The van der Waals surface area contributed by atoms with Crippen molar-refractivity contribution < 1.29 is 19.4 Å². The molecular formula is C16H19NO4. The molecule has 1 aromatic rings. The van der Waals surface area contributed by atoms with Crippen LogP contribution in [0.2, 0.25) is 0 Å². The summed E-state index contributed by atoms with van der Waals surface area (Å²) in [7, 11) is 0. The lowest BCUT2D eigenvalue weighted by Gasteiger charge is -2.16. The van der Waals surface area contributed by atoms with Gasteiger partial charge in [-0.25, -0.2) is 4.79 Å². The number of carbonyl (C=O) groups excluding carboxylic acids is 1. The van der Waals surface area contributed by atoms with Crippen LogP contribution in [0.25, 0.3) is 0 Å². The molecule has 1 aliphatic carbocycles. The van der Waals surface area contributed by atoms with E-state index in [0.29, 0.717) is 19.0 Å². The molecule has 1 saturated heterocycles. The normalized spacial score (nSPS) is 27.4. The van der Waals surface area contributed by atoms with E-state index in [1.165, 1.54) is 0 Å². The molecule has 1 heterocycles. The predicted molar refractivity (Wildman–Crippen MR) is 75.5 cm³/mol. The number of rotatable bonds is 4. The minimum atomic E-state index is -0.704. The number of nitrogens with zero attached hydrogens (tertiary/aromatic N) is 1. The van der Waals surface area contributed by atoms with Gasteiger partial charge in [0.1, 0.15) is 6.61 Å². The van der Waals surface area contributed by atoms with Crippen molar-refractivity contribution in [3.8, 4) is 0 Å². The Morgan fingerprint density at radius 1 is 1.29 bits per heavy atom. The first-order valence-corrected chi connectivity index (χ1v) is 7.33. The van der Waals surface area contributed by atoms with E-state index in [1.54, 1.807) is 4.90 Å². The number of amides is 1. The Hall–Kier alpha value is -2.04. The molecule has 0 bridgehead atoms. The highest BCUT2D eigenvalue weighted by molar-refractivity contribution is 5.73. The molecule has 1 N–H and O–H groups in total. The first kappa shape index (κ1) is 13.9. The number of ether oxygens (including phenoxy) is 1. The molecule has 0 spiro atoms. The number of carbonyl (C=O) groups is 2. The maximum atomic E-state index is 12.0. The van der Waals surface area contributed by atoms with Gasteiger partial charge in [-0.05, 0) is 30.2 Å². The molecule has 1 aliphatic heterocycles. The Balaban J connectivity index is 1.45. The smallest absolute Gasteiger partial charge is 0.410 e. The van der Waals surface area contributed by atoms with Crippen molar-refractivity contribution in [3.05, 3.63) is 35.9 Å². The Kier molecular flexibility index (Phi) is 3.82. The van der Waals surface area contributed by atoms with Gasteiger partial charge in [0.05, 0.1) is 5.92 Å². The zero-order valence-electron chi connectivity index (χ0n) is 11.8. The van der Waals surface area contributed by atoms with Crippen LogP contribution in [0, 0.1) is 17.8 Å². The fourth-order valence-corrected chi connectivity index (χ4v) is 3.13. The van der Waals surface area contributed by atoms with Crippen molar-refractivity contribution in [2.45, 2.75) is 19.4 Å². The van der Waals surface area contributed by atoms with Gasteiger partial charge in [-0.2, -0.15) is 0 Å². The first-order chi connectivity index (χ1) is 10.1. The van der Waals surface area contributed by atoms with Gasteiger partial charge in [-0.1, -0.05) is 30.3 Å². The van der Waals surface area contributed by atoms with Crippen molar-refractivity contribution >= 4 is 12.1 Å². The van der Waals surface area contributed by atoms with Crippen LogP contribution in [-0.4, -0.2) is 35.2 Å². The highest BCUT2D eigenvalue weighted by Crippen LogP contribution is 2.47. The largest absolute Gasteiger partial charge is 0.481 e. The van der Waals surface area contributed by atoms with E-state index in [4.69, 9.17) is 9.84 Å². The van der Waals surface area contributed by atoms with Gasteiger partial charge in [0.25, 0.3) is 0 Å². The second-order valence-electron chi connectivity index (χ2n) is 5.88. The maximum Gasteiger partial charge on any atom is 0.410 e. The molecule has 1 amide bonds. The third kappa shape index (κ3) is 3.17. The minimum Gasteiger partial charge on any atom is -0.481 e. The van der Waals surface area contributed by atoms with E-state index >= 15 is 0 Å². The topological polar surface area (TPSA) is 66.8 Å². The molecule has 2 aliphatic rings. The van der Waals surface area contributed by atoms with Crippen LogP contribution in [-0.2, 0) is 16.1 Å². The Bertz CT molecular complexity index is 530. The summed E-state index contributed by atoms with van der Waals surface area (Å²) in [6.45, 7) is 1.57. The minimum absolute atomic E-state index is 0.199. The average Bonchev–Trinajstić information content (AvgIpc) is 3.16. The number of hydrogen-bond donors (Lipinski definition) is 1. The molecule has 1 aromatic carbocycles. The van der Waals surface area contributed by atoms with Gasteiger partial charge in [0.15, 0.2) is 0 Å². The molecule has 2 fully saturated rings. The van der Waals surface area contributed by atoms with Crippen LogP contribution in [0.1, 0.15) is 18.4 Å². The Labute approximate surface area is 123 Å². The number of likely N-dealkylation sites (tertiary alicyclic amines) is 1. The second kappa shape index (κ2) is 5.76. The molecule has 5 heteroatoms. The number of hydrogen-bond acceptors (Lipinski definition) is 3. The monoisotopic (exact) mass is 289 g/mol. The van der Waals surface area contributed by atoms with Crippen molar-refractivity contribution in [2.24, 2.45) is 17.8 Å². The molecule has 3 rings (SSSR count). The molecule has 3 atom stereocenters. The summed E-state index contributed by atoms with van der Waals surface area (Å²) in [6.07, 6.45) is 1.34. The van der Waals surface area contributed by atoms with Crippen LogP contribution in [0.15, 0.2) is 30.3 Å². The standard InChI is InChI=1S/C16H19NO4/c18-15(19)14-8-13(14)12-6-7-17(9-12)16(20)21-10-11-4-2-1-3-5-11/h1-5,12-14H,6-10H2,(H,18,19)/t12?,13-,14+/m0/s1. The van der Waals surface area contributed by atoms with Gasteiger partial charge >= 0.3 is 12.1 Å². The lowest BCUT2D eigenvalue weighted by atomic mass is 10.0. The van der Waals surface area contributed by atoms with Crippen molar-refractivity contribution in [1.82, 2.24) is 4.90 Å². The Morgan fingerprint density at radius 2 is 2.05 bits per heavy atom. The van der Waals surface area contributed by atoms with E-state index in [0.717, 1.165) is 18.4 Å². The molecule has 21 heavy (non-hydrogen) atoms. The van der Waals surface area contributed by atoms with Crippen LogP contribution < -0.4 is 0 Å². The number of carboxylic acid groups (broad SMARTS) is 1. The van der Waals surface area contributed by atoms with Gasteiger partial charge in [-0.15, -0.1) is 0 Å². The molecule has 1 saturated carbocycles. The van der Waals surface area contributed by atoms with Gasteiger partial charge in [0.2, 0.25) is 0 Å². The van der Waals surface area contributed by atoms with E-state index in [9.17, 15) is 9.59 Å². The summed E-state index contributed by atoms with van der Waals surface area (Å²) in [5.74, 6) is -0.342. The SMILES string of the molecule is O=C(O)[C@@H]1C[C@H]1C1CCN(C(=O)OCc2ccccc2)C1. The van der Waals surface area contributed by atoms with Crippen LogP contribution in [0.3, 0.4) is 0 Å².